The van der Waals surface area contributed by atoms with Gasteiger partial charge in [-0.05, 0) is 63.1 Å². The van der Waals surface area contributed by atoms with Crippen LogP contribution in [0.3, 0.4) is 0 Å². The van der Waals surface area contributed by atoms with Crippen molar-refractivity contribution < 1.29 is 23.9 Å². The van der Waals surface area contributed by atoms with E-state index in [2.05, 4.69) is 5.32 Å². The van der Waals surface area contributed by atoms with Gasteiger partial charge in [-0.15, -0.1) is 0 Å². The number of hydrogen-bond acceptors (Lipinski definition) is 5. The summed E-state index contributed by atoms with van der Waals surface area (Å²) in [6, 6.07) is 6.44. The van der Waals surface area contributed by atoms with E-state index >= 15 is 0 Å². The van der Waals surface area contributed by atoms with Crippen LogP contribution >= 0.6 is 0 Å². The third-order valence-electron chi connectivity index (χ3n) is 7.67. The van der Waals surface area contributed by atoms with E-state index in [4.69, 9.17) is 10.5 Å². The van der Waals surface area contributed by atoms with Crippen LogP contribution in [0, 0.1) is 11.8 Å². The number of nitrogens with two attached hydrogens (primary N) is 1. The molecule has 4 rings (SSSR count). The Morgan fingerprint density at radius 2 is 1.86 bits per heavy atom. The molecular weight excluding hydrogens is 448 g/mol. The first-order valence-electron chi connectivity index (χ1n) is 12.7. The van der Waals surface area contributed by atoms with Crippen LogP contribution in [0.5, 0.6) is 0 Å². The Kier molecular flexibility index (Phi) is 8.05. The maximum Gasteiger partial charge on any atom is 0.251 e. The van der Waals surface area contributed by atoms with Gasteiger partial charge < -0.3 is 25.6 Å². The van der Waals surface area contributed by atoms with E-state index in [9.17, 15) is 19.2 Å². The molecule has 1 aromatic rings. The van der Waals surface area contributed by atoms with Gasteiger partial charge in [-0.25, -0.2) is 0 Å². The molecule has 35 heavy (non-hydrogen) atoms. The van der Waals surface area contributed by atoms with Gasteiger partial charge in [-0.2, -0.15) is 0 Å². The number of nitrogens with one attached hydrogen (secondary N) is 1. The predicted molar refractivity (Wildman–Crippen MR) is 129 cm³/mol. The van der Waals surface area contributed by atoms with Crippen LogP contribution in [0.25, 0.3) is 0 Å². The van der Waals surface area contributed by atoms with Crippen molar-refractivity contribution in [2.24, 2.45) is 17.6 Å². The molecule has 3 fully saturated rings. The quantitative estimate of drug-likeness (QED) is 0.635. The van der Waals surface area contributed by atoms with Gasteiger partial charge in [0.15, 0.2) is 0 Å². The highest BCUT2D eigenvalue weighted by atomic mass is 16.5. The molecule has 0 spiro atoms. The Morgan fingerprint density at radius 3 is 2.57 bits per heavy atom. The fourth-order valence-corrected chi connectivity index (χ4v) is 5.54. The first-order chi connectivity index (χ1) is 16.9. The molecule has 4 amide bonds. The number of carbonyl (C=O) groups excluding carboxylic acids is 4. The Bertz CT molecular complexity index is 959. The molecule has 9 heteroatoms. The lowest BCUT2D eigenvalue weighted by atomic mass is 9.85. The van der Waals surface area contributed by atoms with Crippen LogP contribution in [0.4, 0.5) is 0 Å². The minimum Gasteiger partial charge on any atom is -0.378 e. The number of likely N-dealkylation sites (tertiary alicyclic amines) is 2. The summed E-state index contributed by atoms with van der Waals surface area (Å²) in [5.41, 5.74) is 6.06. The van der Waals surface area contributed by atoms with Crippen molar-refractivity contribution in [1.82, 2.24) is 15.1 Å². The average molecular weight is 485 g/mol. The number of benzene rings is 1. The molecular formula is C26H36N4O5. The average Bonchev–Trinajstić information content (AvgIpc) is 2.89. The van der Waals surface area contributed by atoms with Crippen molar-refractivity contribution in [3.8, 4) is 0 Å². The summed E-state index contributed by atoms with van der Waals surface area (Å²) in [6.07, 6.45) is 4.37. The topological polar surface area (TPSA) is 122 Å². The number of ether oxygens (including phenoxy) is 1. The number of nitrogens with zero attached hydrogens (tertiary/aromatic N) is 2. The van der Waals surface area contributed by atoms with E-state index in [1.807, 2.05) is 11.8 Å². The Balaban J connectivity index is 1.27. The molecule has 3 saturated heterocycles. The van der Waals surface area contributed by atoms with E-state index in [0.717, 1.165) is 25.7 Å². The van der Waals surface area contributed by atoms with E-state index < -0.39 is 5.91 Å². The minimum absolute atomic E-state index is 0.00190. The molecule has 3 aliphatic rings. The first-order valence-corrected chi connectivity index (χ1v) is 12.7. The number of hydrogen-bond donors (Lipinski definition) is 2. The highest BCUT2D eigenvalue weighted by Gasteiger charge is 2.36. The van der Waals surface area contributed by atoms with E-state index in [-0.39, 0.29) is 35.8 Å². The lowest BCUT2D eigenvalue weighted by Gasteiger charge is -2.41. The molecule has 0 bridgehead atoms. The van der Waals surface area contributed by atoms with Crippen LogP contribution in [0.1, 0.15) is 66.2 Å². The Hall–Kier alpha value is -2.94. The zero-order valence-electron chi connectivity index (χ0n) is 20.4. The maximum atomic E-state index is 13.1. The summed E-state index contributed by atoms with van der Waals surface area (Å²) < 4.78 is 6.08. The SMILES string of the molecule is CCN1CC(C(=O)N2CCC(C3CC(NC(=O)c4cccc(C(N)=O)c4)CCO3)CC2)CCC1=O. The van der Waals surface area contributed by atoms with Gasteiger partial charge in [0.25, 0.3) is 5.91 Å². The van der Waals surface area contributed by atoms with Crippen molar-refractivity contribution in [3.63, 3.8) is 0 Å². The number of amides is 4. The van der Waals surface area contributed by atoms with Crippen LogP contribution in [0.15, 0.2) is 24.3 Å². The van der Waals surface area contributed by atoms with Crippen LogP contribution < -0.4 is 11.1 Å². The predicted octanol–water partition coefficient (Wildman–Crippen LogP) is 1.56. The standard InChI is InChI=1S/C26H36N4O5/c1-2-29-16-20(6-7-23(29)31)26(34)30-11-8-17(9-12-30)22-15-21(10-13-35-22)28-25(33)19-5-3-4-18(14-19)24(27)32/h3-5,14,17,20-22H,2,6-13,15-16H2,1H3,(H2,27,32)(H,28,33). The van der Waals surface area contributed by atoms with Crippen molar-refractivity contribution >= 4 is 23.6 Å². The molecule has 3 N–H and O–H groups in total. The monoisotopic (exact) mass is 484 g/mol. The Labute approximate surface area is 206 Å². The van der Waals surface area contributed by atoms with Gasteiger partial charge in [0.2, 0.25) is 17.7 Å². The largest absolute Gasteiger partial charge is 0.378 e. The summed E-state index contributed by atoms with van der Waals surface area (Å²) in [5.74, 6) is -0.212. The van der Waals surface area contributed by atoms with Crippen molar-refractivity contribution in [2.75, 3.05) is 32.8 Å². The van der Waals surface area contributed by atoms with Gasteiger partial charge in [-0.3, -0.25) is 19.2 Å². The van der Waals surface area contributed by atoms with Gasteiger partial charge in [-0.1, -0.05) is 6.07 Å². The summed E-state index contributed by atoms with van der Waals surface area (Å²) >= 11 is 0. The number of primary amides is 1. The highest BCUT2D eigenvalue weighted by molar-refractivity contribution is 5.99. The summed E-state index contributed by atoms with van der Waals surface area (Å²) in [5, 5.41) is 3.09. The third kappa shape index (κ3) is 6.01. The second kappa shape index (κ2) is 11.2. The van der Waals surface area contributed by atoms with Gasteiger partial charge >= 0.3 is 0 Å². The fraction of sp³-hybridized carbons (Fsp3) is 0.615. The molecule has 0 saturated carbocycles. The van der Waals surface area contributed by atoms with E-state index in [1.165, 1.54) is 6.07 Å². The molecule has 3 atom stereocenters. The minimum atomic E-state index is -0.560. The number of carbonyl (C=O) groups is 4. The van der Waals surface area contributed by atoms with Crippen LogP contribution in [0.2, 0.25) is 0 Å². The van der Waals surface area contributed by atoms with Crippen LogP contribution in [-0.4, -0.2) is 78.4 Å². The first kappa shape index (κ1) is 25.2. The van der Waals surface area contributed by atoms with Gasteiger partial charge in [0.05, 0.1) is 12.0 Å². The van der Waals surface area contributed by atoms with Crippen molar-refractivity contribution in [1.29, 1.82) is 0 Å². The molecule has 3 aliphatic heterocycles. The van der Waals surface area contributed by atoms with Crippen molar-refractivity contribution in [2.45, 2.75) is 57.6 Å². The van der Waals surface area contributed by atoms with E-state index in [1.54, 1.807) is 23.1 Å². The molecule has 1 aromatic carbocycles. The van der Waals surface area contributed by atoms with Crippen molar-refractivity contribution in [3.05, 3.63) is 35.4 Å². The maximum absolute atomic E-state index is 13.1. The van der Waals surface area contributed by atoms with Crippen LogP contribution in [-0.2, 0) is 14.3 Å². The molecule has 0 aromatic heterocycles. The summed E-state index contributed by atoms with van der Waals surface area (Å²) in [4.78, 5) is 52.9. The molecule has 0 aliphatic carbocycles. The summed E-state index contributed by atoms with van der Waals surface area (Å²) in [7, 11) is 0. The zero-order valence-corrected chi connectivity index (χ0v) is 20.4. The second-order valence-corrected chi connectivity index (χ2v) is 9.88. The molecule has 3 unspecified atom stereocenters. The zero-order chi connectivity index (χ0) is 24.9. The summed E-state index contributed by atoms with van der Waals surface area (Å²) in [6.45, 7) is 5.13. The van der Waals surface area contributed by atoms with Gasteiger partial charge in [0.1, 0.15) is 0 Å². The second-order valence-electron chi connectivity index (χ2n) is 9.88. The normalized spacial score (nSPS) is 25.9. The molecule has 190 valence electrons. The lowest BCUT2D eigenvalue weighted by molar-refractivity contribution is -0.144. The van der Waals surface area contributed by atoms with Gasteiger partial charge in [0, 0.05) is 56.4 Å². The molecule has 0 radical (unpaired) electrons. The smallest absolute Gasteiger partial charge is 0.251 e. The molecule has 3 heterocycles. The lowest BCUT2D eigenvalue weighted by Crippen LogP contribution is -2.50. The van der Waals surface area contributed by atoms with E-state index in [0.29, 0.717) is 62.7 Å². The number of rotatable bonds is 6. The number of piperidine rings is 2. The Morgan fingerprint density at radius 1 is 1.11 bits per heavy atom. The fourth-order valence-electron chi connectivity index (χ4n) is 5.54. The molecule has 9 nitrogen and oxygen atoms in total. The highest BCUT2D eigenvalue weighted by Crippen LogP contribution is 2.30. The third-order valence-corrected chi connectivity index (χ3v) is 7.67.